The average Bonchev–Trinajstić information content (AvgIpc) is 2.55. The zero-order valence-electron chi connectivity index (χ0n) is 8.92. The maximum absolute atomic E-state index is 13.4. The molecule has 2 aromatic rings. The van der Waals surface area contributed by atoms with E-state index in [0.29, 0.717) is 5.52 Å². The minimum atomic E-state index is -0.251. The van der Waals surface area contributed by atoms with Crippen LogP contribution in [0, 0.1) is 5.82 Å². The molecule has 0 saturated carbocycles. The number of para-hydroxylation sites is 1. The lowest BCUT2D eigenvalue weighted by molar-refractivity contribution is 0.637. The van der Waals surface area contributed by atoms with Crippen LogP contribution in [0.2, 0.25) is 0 Å². The summed E-state index contributed by atoms with van der Waals surface area (Å²) in [5.74, 6) is 0.656. The SMILES string of the molecule is CNCCc1nc2c(F)cccc2n1C. The van der Waals surface area contributed by atoms with Crippen LogP contribution in [0.5, 0.6) is 0 Å². The molecule has 0 saturated heterocycles. The fourth-order valence-electron chi connectivity index (χ4n) is 1.69. The second kappa shape index (κ2) is 3.98. The molecule has 0 aliphatic carbocycles. The van der Waals surface area contributed by atoms with Crippen LogP contribution in [0.1, 0.15) is 5.82 Å². The summed E-state index contributed by atoms with van der Waals surface area (Å²) in [5, 5.41) is 3.06. The van der Waals surface area contributed by atoms with Crippen molar-refractivity contribution in [1.82, 2.24) is 14.9 Å². The van der Waals surface area contributed by atoms with E-state index in [1.54, 1.807) is 6.07 Å². The molecule has 15 heavy (non-hydrogen) atoms. The summed E-state index contributed by atoms with van der Waals surface area (Å²) in [7, 11) is 3.81. The number of aromatic nitrogens is 2. The van der Waals surface area contributed by atoms with E-state index in [1.807, 2.05) is 24.7 Å². The Kier molecular flexibility index (Phi) is 2.68. The van der Waals surface area contributed by atoms with Gasteiger partial charge in [0.15, 0.2) is 5.82 Å². The zero-order chi connectivity index (χ0) is 10.8. The number of imidazole rings is 1. The smallest absolute Gasteiger partial charge is 0.151 e. The monoisotopic (exact) mass is 207 g/mol. The van der Waals surface area contributed by atoms with Crippen molar-refractivity contribution in [2.45, 2.75) is 6.42 Å². The highest BCUT2D eigenvalue weighted by Crippen LogP contribution is 2.17. The third-order valence-corrected chi connectivity index (χ3v) is 2.55. The molecule has 4 heteroatoms. The normalized spacial score (nSPS) is 11.1. The van der Waals surface area contributed by atoms with Gasteiger partial charge in [-0.25, -0.2) is 9.37 Å². The molecule has 1 aromatic heterocycles. The van der Waals surface area contributed by atoms with Crippen LogP contribution in [0.3, 0.4) is 0 Å². The number of hydrogen-bond acceptors (Lipinski definition) is 2. The van der Waals surface area contributed by atoms with Crippen LogP contribution < -0.4 is 5.32 Å². The van der Waals surface area contributed by atoms with E-state index in [9.17, 15) is 4.39 Å². The van der Waals surface area contributed by atoms with E-state index in [1.165, 1.54) is 6.07 Å². The molecule has 0 bridgehead atoms. The Bertz CT molecular complexity index is 476. The van der Waals surface area contributed by atoms with E-state index >= 15 is 0 Å². The van der Waals surface area contributed by atoms with Crippen LogP contribution >= 0.6 is 0 Å². The molecule has 80 valence electrons. The van der Waals surface area contributed by atoms with Crippen molar-refractivity contribution in [3.8, 4) is 0 Å². The van der Waals surface area contributed by atoms with Crippen LogP contribution in [0.4, 0.5) is 4.39 Å². The Labute approximate surface area is 87.9 Å². The van der Waals surface area contributed by atoms with Gasteiger partial charge >= 0.3 is 0 Å². The molecule has 1 N–H and O–H groups in total. The maximum Gasteiger partial charge on any atom is 0.151 e. The van der Waals surface area contributed by atoms with E-state index in [2.05, 4.69) is 10.3 Å². The molecule has 1 heterocycles. The lowest BCUT2D eigenvalue weighted by Gasteiger charge is -2.00. The van der Waals surface area contributed by atoms with Gasteiger partial charge in [0.25, 0.3) is 0 Å². The molecule has 3 nitrogen and oxygen atoms in total. The number of rotatable bonds is 3. The lowest BCUT2D eigenvalue weighted by atomic mass is 10.3. The van der Waals surface area contributed by atoms with Crippen molar-refractivity contribution in [2.24, 2.45) is 7.05 Å². The summed E-state index contributed by atoms with van der Waals surface area (Å²) >= 11 is 0. The standard InChI is InChI=1S/C11H14FN3/c1-13-7-6-10-14-11-8(12)4-3-5-9(11)15(10)2/h3-5,13H,6-7H2,1-2H3. The number of likely N-dealkylation sites (N-methyl/N-ethyl adjacent to an activating group) is 1. The van der Waals surface area contributed by atoms with Gasteiger partial charge < -0.3 is 9.88 Å². The number of fused-ring (bicyclic) bond motifs is 1. The first kappa shape index (κ1) is 10.1. The lowest BCUT2D eigenvalue weighted by Crippen LogP contribution is -2.12. The van der Waals surface area contributed by atoms with Crippen molar-refractivity contribution in [1.29, 1.82) is 0 Å². The molecule has 0 amide bonds. The molecule has 0 fully saturated rings. The summed E-state index contributed by atoms with van der Waals surface area (Å²) in [5.41, 5.74) is 1.31. The first-order valence-corrected chi connectivity index (χ1v) is 4.98. The van der Waals surface area contributed by atoms with Crippen molar-refractivity contribution in [3.05, 3.63) is 29.8 Å². The fourth-order valence-corrected chi connectivity index (χ4v) is 1.69. The highest BCUT2D eigenvalue weighted by atomic mass is 19.1. The fraction of sp³-hybridized carbons (Fsp3) is 0.364. The van der Waals surface area contributed by atoms with Gasteiger partial charge in [-0.05, 0) is 19.2 Å². The first-order valence-electron chi connectivity index (χ1n) is 4.98. The highest BCUT2D eigenvalue weighted by Gasteiger charge is 2.09. The Morgan fingerprint density at radius 3 is 2.93 bits per heavy atom. The maximum atomic E-state index is 13.4. The van der Waals surface area contributed by atoms with E-state index in [4.69, 9.17) is 0 Å². The van der Waals surface area contributed by atoms with Crippen LogP contribution in [0.15, 0.2) is 18.2 Å². The van der Waals surface area contributed by atoms with Crippen LogP contribution in [-0.4, -0.2) is 23.1 Å². The van der Waals surface area contributed by atoms with Gasteiger partial charge in [0, 0.05) is 20.0 Å². The molecule has 0 radical (unpaired) electrons. The minimum Gasteiger partial charge on any atom is -0.331 e. The van der Waals surface area contributed by atoms with Gasteiger partial charge in [0.05, 0.1) is 5.52 Å². The van der Waals surface area contributed by atoms with E-state index in [0.717, 1.165) is 24.3 Å². The van der Waals surface area contributed by atoms with Gasteiger partial charge in [-0.1, -0.05) is 6.07 Å². The number of benzene rings is 1. The van der Waals surface area contributed by atoms with Crippen molar-refractivity contribution in [3.63, 3.8) is 0 Å². The second-order valence-electron chi connectivity index (χ2n) is 3.55. The van der Waals surface area contributed by atoms with Gasteiger partial charge in [-0.2, -0.15) is 0 Å². The highest BCUT2D eigenvalue weighted by molar-refractivity contribution is 5.76. The molecule has 1 aromatic carbocycles. The molecule has 0 unspecified atom stereocenters. The summed E-state index contributed by atoms with van der Waals surface area (Å²) in [6, 6.07) is 5.03. The summed E-state index contributed by atoms with van der Waals surface area (Å²) in [6.07, 6.45) is 0.807. The van der Waals surface area contributed by atoms with Crippen LogP contribution in [-0.2, 0) is 13.5 Å². The number of nitrogens with one attached hydrogen (secondary N) is 1. The van der Waals surface area contributed by atoms with Gasteiger partial charge in [-0.3, -0.25) is 0 Å². The molecule has 0 spiro atoms. The van der Waals surface area contributed by atoms with Gasteiger partial charge in [0.1, 0.15) is 11.3 Å². The Morgan fingerprint density at radius 1 is 1.47 bits per heavy atom. The Hall–Kier alpha value is -1.42. The third-order valence-electron chi connectivity index (χ3n) is 2.55. The third kappa shape index (κ3) is 1.72. The van der Waals surface area contributed by atoms with Crippen LogP contribution in [0.25, 0.3) is 11.0 Å². The predicted molar refractivity (Wildman–Crippen MR) is 58.3 cm³/mol. The number of hydrogen-bond donors (Lipinski definition) is 1. The Balaban J connectivity index is 2.49. The molecule has 0 aliphatic heterocycles. The summed E-state index contributed by atoms with van der Waals surface area (Å²) in [4.78, 5) is 4.30. The van der Waals surface area contributed by atoms with Crippen molar-refractivity contribution in [2.75, 3.05) is 13.6 Å². The molecular formula is C11H14FN3. The molecule has 2 rings (SSSR count). The molecule has 0 aliphatic rings. The predicted octanol–water partition coefficient (Wildman–Crippen LogP) is 1.47. The number of aryl methyl sites for hydroxylation is 1. The van der Waals surface area contributed by atoms with E-state index in [-0.39, 0.29) is 5.82 Å². The number of nitrogens with zero attached hydrogens (tertiary/aromatic N) is 2. The summed E-state index contributed by atoms with van der Waals surface area (Å²) in [6.45, 7) is 0.846. The molecule has 0 atom stereocenters. The van der Waals surface area contributed by atoms with E-state index < -0.39 is 0 Å². The van der Waals surface area contributed by atoms with Gasteiger partial charge in [0.2, 0.25) is 0 Å². The first-order chi connectivity index (χ1) is 7.24. The molecular weight excluding hydrogens is 193 g/mol. The zero-order valence-corrected chi connectivity index (χ0v) is 8.92. The summed E-state index contributed by atoms with van der Waals surface area (Å²) < 4.78 is 15.4. The topological polar surface area (TPSA) is 29.9 Å². The number of halogens is 1. The quantitative estimate of drug-likeness (QED) is 0.826. The van der Waals surface area contributed by atoms with Gasteiger partial charge in [-0.15, -0.1) is 0 Å². The van der Waals surface area contributed by atoms with Crippen molar-refractivity contribution >= 4 is 11.0 Å². The average molecular weight is 207 g/mol. The van der Waals surface area contributed by atoms with Crippen molar-refractivity contribution < 1.29 is 4.39 Å². The minimum absolute atomic E-state index is 0.251. The largest absolute Gasteiger partial charge is 0.331 e. The Morgan fingerprint density at radius 2 is 2.27 bits per heavy atom. The second-order valence-corrected chi connectivity index (χ2v) is 3.55.